The molecule has 202 valence electrons. The molecule has 1 spiro atoms. The molecule has 0 aromatic carbocycles. The van der Waals surface area contributed by atoms with Crippen LogP contribution in [-0.2, 0) is 23.9 Å². The average Bonchev–Trinajstić information content (AvgIpc) is 3.45. The van der Waals surface area contributed by atoms with E-state index < -0.39 is 35.6 Å². The van der Waals surface area contributed by atoms with E-state index in [4.69, 9.17) is 9.47 Å². The lowest BCUT2D eigenvalue weighted by molar-refractivity contribution is -0.155. The van der Waals surface area contributed by atoms with Gasteiger partial charge in [0.1, 0.15) is 11.6 Å². The maximum atomic E-state index is 14.0. The molecule has 0 aromatic rings. The van der Waals surface area contributed by atoms with Gasteiger partial charge in [0.2, 0.25) is 11.8 Å². The van der Waals surface area contributed by atoms with Gasteiger partial charge < -0.3 is 24.4 Å². The third-order valence-electron chi connectivity index (χ3n) is 7.59. The van der Waals surface area contributed by atoms with Crippen molar-refractivity contribution in [2.24, 2.45) is 11.8 Å². The number of esters is 1. The van der Waals surface area contributed by atoms with Crippen LogP contribution in [0.15, 0.2) is 25.3 Å². The minimum atomic E-state index is -1.08. The first kappa shape index (κ1) is 28.9. The number of amides is 2. The summed E-state index contributed by atoms with van der Waals surface area (Å²) in [5.74, 6) is -2.33. The van der Waals surface area contributed by atoms with Crippen LogP contribution in [0.1, 0.15) is 58.3 Å². The highest BCUT2D eigenvalue weighted by Crippen LogP contribution is 2.60. The van der Waals surface area contributed by atoms with E-state index in [9.17, 15) is 19.5 Å². The van der Waals surface area contributed by atoms with Gasteiger partial charge >= 0.3 is 5.97 Å². The number of halogens is 1. The molecule has 3 heterocycles. The molecule has 3 rings (SSSR count). The van der Waals surface area contributed by atoms with E-state index in [1.54, 1.807) is 15.9 Å². The minimum Gasteiger partial charge on any atom is -0.465 e. The number of nitrogens with zero attached hydrogens (tertiary/aromatic N) is 2. The Kier molecular flexibility index (Phi) is 10.6. The number of hydrogen-bond donors (Lipinski definition) is 1. The maximum Gasteiger partial charge on any atom is 0.312 e. The van der Waals surface area contributed by atoms with Gasteiger partial charge in [-0.25, -0.2) is 0 Å². The Morgan fingerprint density at radius 3 is 2.69 bits per heavy atom. The summed E-state index contributed by atoms with van der Waals surface area (Å²) in [7, 11) is 0. The number of unbranched alkanes of at least 4 members (excludes halogenated alkanes) is 4. The first-order chi connectivity index (χ1) is 17.4. The van der Waals surface area contributed by atoms with Crippen molar-refractivity contribution in [3.63, 3.8) is 0 Å². The number of carbonyl (C=O) groups excluding carboxylic acids is 3. The Morgan fingerprint density at radius 1 is 1.25 bits per heavy atom. The highest BCUT2D eigenvalue weighted by Gasteiger charge is 2.77. The second-order valence-corrected chi connectivity index (χ2v) is 11.2. The third-order valence-corrected chi connectivity index (χ3v) is 8.44. The van der Waals surface area contributed by atoms with Crippen molar-refractivity contribution in [1.29, 1.82) is 0 Å². The van der Waals surface area contributed by atoms with Crippen LogP contribution in [-0.4, -0.2) is 88.1 Å². The molecule has 3 unspecified atom stereocenters. The largest absolute Gasteiger partial charge is 0.465 e. The second kappa shape index (κ2) is 13.2. The smallest absolute Gasteiger partial charge is 0.312 e. The van der Waals surface area contributed by atoms with Gasteiger partial charge in [-0.05, 0) is 44.9 Å². The quantitative estimate of drug-likeness (QED) is 0.133. The molecule has 0 saturated carbocycles. The molecular formula is C27H41BrN2O6. The van der Waals surface area contributed by atoms with Crippen molar-refractivity contribution in [1.82, 2.24) is 9.80 Å². The van der Waals surface area contributed by atoms with Gasteiger partial charge in [-0.15, -0.1) is 13.2 Å². The van der Waals surface area contributed by atoms with E-state index in [2.05, 4.69) is 36.0 Å². The summed E-state index contributed by atoms with van der Waals surface area (Å²) in [5.41, 5.74) is -1.08. The normalized spacial score (nSPS) is 30.4. The second-order valence-electron chi connectivity index (χ2n) is 10.0. The number of aliphatic hydroxyl groups is 1. The van der Waals surface area contributed by atoms with Crippen molar-refractivity contribution in [2.45, 2.75) is 80.9 Å². The summed E-state index contributed by atoms with van der Waals surface area (Å²) in [4.78, 5) is 44.4. The molecule has 9 heteroatoms. The maximum absolute atomic E-state index is 14.0. The van der Waals surface area contributed by atoms with Crippen LogP contribution >= 0.6 is 15.9 Å². The lowest BCUT2D eigenvalue weighted by atomic mass is 9.70. The topological polar surface area (TPSA) is 96.4 Å². The Hall–Kier alpha value is -1.71. The molecule has 6 atom stereocenters. The molecule has 0 aliphatic carbocycles. The summed E-state index contributed by atoms with van der Waals surface area (Å²) in [5, 5.41) is 9.30. The van der Waals surface area contributed by atoms with Crippen LogP contribution in [0.4, 0.5) is 0 Å². The summed E-state index contributed by atoms with van der Waals surface area (Å²) in [6.45, 7) is 11.1. The van der Waals surface area contributed by atoms with E-state index in [1.165, 1.54) is 0 Å². The van der Waals surface area contributed by atoms with E-state index in [-0.39, 0.29) is 29.9 Å². The van der Waals surface area contributed by atoms with Gasteiger partial charge in [-0.3, -0.25) is 14.4 Å². The molecule has 3 aliphatic rings. The monoisotopic (exact) mass is 568 g/mol. The van der Waals surface area contributed by atoms with E-state index in [0.717, 1.165) is 32.1 Å². The third kappa shape index (κ3) is 5.58. The Balaban J connectivity index is 1.90. The molecule has 1 N–H and O–H groups in total. The van der Waals surface area contributed by atoms with Crippen LogP contribution in [0.5, 0.6) is 0 Å². The van der Waals surface area contributed by atoms with Gasteiger partial charge in [0.05, 0.1) is 24.5 Å². The first-order valence-corrected chi connectivity index (χ1v) is 14.2. The van der Waals surface area contributed by atoms with E-state index in [1.807, 2.05) is 6.08 Å². The van der Waals surface area contributed by atoms with Crippen LogP contribution in [0.2, 0.25) is 0 Å². The Labute approximate surface area is 223 Å². The molecular weight excluding hydrogens is 528 g/mol. The van der Waals surface area contributed by atoms with E-state index >= 15 is 0 Å². The molecule has 36 heavy (non-hydrogen) atoms. The molecule has 2 amide bonds. The molecule has 8 nitrogen and oxygen atoms in total. The zero-order valence-electron chi connectivity index (χ0n) is 21.4. The number of ether oxygens (including phenoxy) is 2. The zero-order valence-corrected chi connectivity index (χ0v) is 23.0. The predicted molar refractivity (Wildman–Crippen MR) is 140 cm³/mol. The van der Waals surface area contributed by atoms with Gasteiger partial charge in [0.15, 0.2) is 0 Å². The van der Waals surface area contributed by atoms with Crippen molar-refractivity contribution >= 4 is 33.7 Å². The number of fused-ring (bicyclic) bond motifs is 1. The number of alkyl halides is 1. The zero-order chi connectivity index (χ0) is 26.3. The summed E-state index contributed by atoms with van der Waals surface area (Å²) < 4.78 is 12.1. The van der Waals surface area contributed by atoms with Gasteiger partial charge in [-0.1, -0.05) is 41.4 Å². The summed E-state index contributed by atoms with van der Waals surface area (Å²) >= 11 is 3.68. The van der Waals surface area contributed by atoms with Gasteiger partial charge in [-0.2, -0.15) is 0 Å². The predicted octanol–water partition coefficient (Wildman–Crippen LogP) is 3.22. The van der Waals surface area contributed by atoms with Crippen LogP contribution in [0.3, 0.4) is 0 Å². The standard InChI is InChI=1S/C27H41BrN2O6/c1-4-7-9-12-17-35-26(34)20-21-24(32)30(15-10-11-16-31)23(27(21)18-19(28)22(20)36-27)25(33)29(13-6-3)14-8-5-2/h4,6,19-23,31H,1,3,5,7-18H2,2H3/t19?,20-,21-,22-,23?,27?/m0/s1. The van der Waals surface area contributed by atoms with Crippen LogP contribution < -0.4 is 0 Å². The highest BCUT2D eigenvalue weighted by atomic mass is 79.9. The fraction of sp³-hybridized carbons (Fsp3) is 0.741. The lowest BCUT2D eigenvalue weighted by Crippen LogP contribution is -2.57. The van der Waals surface area contributed by atoms with Crippen molar-refractivity contribution in [2.75, 3.05) is 32.8 Å². The Morgan fingerprint density at radius 2 is 2.03 bits per heavy atom. The molecule has 2 bridgehead atoms. The molecule has 0 radical (unpaired) electrons. The summed E-state index contributed by atoms with van der Waals surface area (Å²) in [6, 6.07) is -0.819. The Bertz CT molecular complexity index is 822. The van der Waals surface area contributed by atoms with Crippen molar-refractivity contribution < 1.29 is 29.0 Å². The highest BCUT2D eigenvalue weighted by molar-refractivity contribution is 9.09. The first-order valence-electron chi connectivity index (χ1n) is 13.3. The number of likely N-dealkylation sites (tertiary alicyclic amines) is 1. The van der Waals surface area contributed by atoms with Crippen molar-refractivity contribution in [3.05, 3.63) is 25.3 Å². The van der Waals surface area contributed by atoms with Crippen LogP contribution in [0, 0.1) is 11.8 Å². The molecule has 0 aromatic heterocycles. The fourth-order valence-electron chi connectivity index (χ4n) is 5.94. The average molecular weight is 570 g/mol. The number of carbonyl (C=O) groups is 3. The SMILES string of the molecule is C=CCCCCOC(=O)[C@H]1[C@H]2C(=O)N(CCCCO)C(C(=O)N(CC=C)CCCC)C23CC(Br)[C@@H]1O3. The van der Waals surface area contributed by atoms with E-state index in [0.29, 0.717) is 38.9 Å². The lowest BCUT2D eigenvalue weighted by Gasteiger charge is -2.37. The van der Waals surface area contributed by atoms with Gasteiger partial charge in [0.25, 0.3) is 0 Å². The number of hydrogen-bond acceptors (Lipinski definition) is 6. The minimum absolute atomic E-state index is 0.0111. The number of aliphatic hydroxyl groups excluding tert-OH is 1. The fourth-order valence-corrected chi connectivity index (χ4v) is 6.88. The molecule has 3 saturated heterocycles. The number of allylic oxidation sites excluding steroid dienone is 1. The van der Waals surface area contributed by atoms with Crippen molar-refractivity contribution in [3.8, 4) is 0 Å². The molecule has 3 aliphatic heterocycles. The van der Waals surface area contributed by atoms with Gasteiger partial charge in [0, 0.05) is 31.1 Å². The molecule has 3 fully saturated rings. The number of rotatable bonds is 16. The van der Waals surface area contributed by atoms with Crippen LogP contribution in [0.25, 0.3) is 0 Å². The summed E-state index contributed by atoms with van der Waals surface area (Å²) in [6.07, 6.45) is 8.79.